The van der Waals surface area contributed by atoms with E-state index in [4.69, 9.17) is 22.1 Å². The van der Waals surface area contributed by atoms with Crippen LogP contribution in [0.2, 0.25) is 5.02 Å². The number of methoxy groups -OCH3 is 2. The Hall–Kier alpha value is -5.13. The number of rotatable bonds is 4. The second kappa shape index (κ2) is 17.3. The van der Waals surface area contributed by atoms with Gasteiger partial charge >= 0.3 is 11.9 Å². The van der Waals surface area contributed by atoms with Crippen LogP contribution in [0, 0.1) is 17.8 Å². The fraction of sp³-hybridized carbons (Fsp3) is 0.300. The quantitative estimate of drug-likeness (QED) is 0.111. The number of fused-ring (bicyclic) bond motifs is 1. The van der Waals surface area contributed by atoms with Crippen molar-refractivity contribution in [1.82, 2.24) is 15.0 Å². The van der Waals surface area contributed by atoms with Gasteiger partial charge in [0.1, 0.15) is 5.69 Å². The molecule has 2 fully saturated rings. The van der Waals surface area contributed by atoms with Crippen molar-refractivity contribution in [2.45, 2.75) is 57.3 Å². The monoisotopic (exact) mass is 676 g/mol. The SMILES string of the molecule is C(#CC1CCCC1)c1ccccn1.COC(=O)c1ccc(Cl)c(N)c1.COC(=O)c1ccc2c(C3CCCC3)c(-c3ccccn3)[nH]c2c1. The molecular weight excluding hydrogens is 636 g/mol. The summed E-state index contributed by atoms with van der Waals surface area (Å²) >= 11 is 5.65. The van der Waals surface area contributed by atoms with Gasteiger partial charge in [0.25, 0.3) is 0 Å². The largest absolute Gasteiger partial charge is 0.465 e. The molecule has 3 aromatic heterocycles. The molecule has 2 aliphatic rings. The Kier molecular flexibility index (Phi) is 12.4. The van der Waals surface area contributed by atoms with E-state index in [9.17, 15) is 9.59 Å². The number of benzene rings is 2. The highest BCUT2D eigenvalue weighted by Gasteiger charge is 2.25. The maximum atomic E-state index is 11.8. The van der Waals surface area contributed by atoms with Crippen molar-refractivity contribution in [1.29, 1.82) is 0 Å². The van der Waals surface area contributed by atoms with Crippen LogP contribution in [0.4, 0.5) is 5.69 Å². The third-order valence-corrected chi connectivity index (χ3v) is 9.13. The Morgan fingerprint density at radius 3 is 2.06 bits per heavy atom. The van der Waals surface area contributed by atoms with Gasteiger partial charge in [-0.2, -0.15) is 0 Å². The van der Waals surface area contributed by atoms with E-state index in [0.29, 0.717) is 33.7 Å². The van der Waals surface area contributed by atoms with Crippen LogP contribution < -0.4 is 5.73 Å². The zero-order valence-corrected chi connectivity index (χ0v) is 28.6. The van der Waals surface area contributed by atoms with Crippen molar-refractivity contribution < 1.29 is 19.1 Å². The number of esters is 2. The number of halogens is 1. The minimum Gasteiger partial charge on any atom is -0.465 e. The van der Waals surface area contributed by atoms with E-state index < -0.39 is 5.97 Å². The number of aromatic nitrogens is 3. The number of H-pyrrole nitrogens is 1. The van der Waals surface area contributed by atoms with Gasteiger partial charge in [-0.1, -0.05) is 61.4 Å². The first-order chi connectivity index (χ1) is 23.9. The molecule has 0 radical (unpaired) electrons. The van der Waals surface area contributed by atoms with Gasteiger partial charge in [-0.15, -0.1) is 0 Å². The number of nitrogens with one attached hydrogen (secondary N) is 1. The zero-order valence-electron chi connectivity index (χ0n) is 27.9. The molecule has 7 rings (SSSR count). The third kappa shape index (κ3) is 9.27. The van der Waals surface area contributed by atoms with E-state index in [-0.39, 0.29) is 5.97 Å². The van der Waals surface area contributed by atoms with Crippen molar-refractivity contribution in [3.63, 3.8) is 0 Å². The Labute approximate surface area is 292 Å². The van der Waals surface area contributed by atoms with E-state index in [0.717, 1.165) is 22.6 Å². The molecule has 0 unspecified atom stereocenters. The third-order valence-electron chi connectivity index (χ3n) is 8.79. The standard InChI is InChI=1S/C20H20N2O2.C12H13N.C8H8ClNO2/c1-24-20(23)14-9-10-15-17(12-14)22-19(16-8-4-5-11-21-16)18(15)13-6-2-3-7-13;1-2-6-11(5-1)8-9-12-7-3-4-10-13-12;1-12-8(11)5-2-3-6(9)7(10)4-5/h4-5,8-13,22H,2-3,6-7H2,1H3;3-4,7,10-11H,1-2,5-6H2;2-4H,10H2,1H3. The topological polar surface area (TPSA) is 120 Å². The number of carbonyl (C=O) groups excluding carboxylic acids is 2. The number of anilines is 1. The van der Waals surface area contributed by atoms with Crippen LogP contribution in [-0.4, -0.2) is 41.1 Å². The second-order valence-electron chi connectivity index (χ2n) is 12.1. The van der Waals surface area contributed by atoms with Gasteiger partial charge in [0.2, 0.25) is 0 Å². The predicted molar refractivity (Wildman–Crippen MR) is 194 cm³/mol. The van der Waals surface area contributed by atoms with E-state index >= 15 is 0 Å². The molecule has 0 spiro atoms. The minimum absolute atomic E-state index is 0.312. The molecule has 5 aromatic rings. The molecular formula is C40H41ClN4O4. The van der Waals surface area contributed by atoms with Crippen molar-refractivity contribution in [2.75, 3.05) is 20.0 Å². The average Bonchev–Trinajstić information content (AvgIpc) is 3.94. The molecule has 0 saturated heterocycles. The smallest absolute Gasteiger partial charge is 0.337 e. The molecule has 2 aromatic carbocycles. The highest BCUT2D eigenvalue weighted by molar-refractivity contribution is 6.33. The fourth-order valence-corrected chi connectivity index (χ4v) is 6.40. The van der Waals surface area contributed by atoms with Gasteiger partial charge in [0.15, 0.2) is 0 Å². The van der Waals surface area contributed by atoms with Crippen LogP contribution >= 0.6 is 11.6 Å². The van der Waals surface area contributed by atoms with E-state index in [1.54, 1.807) is 18.3 Å². The van der Waals surface area contributed by atoms with Gasteiger partial charge in [0, 0.05) is 29.2 Å². The van der Waals surface area contributed by atoms with Crippen LogP contribution in [0.25, 0.3) is 22.3 Å². The summed E-state index contributed by atoms with van der Waals surface area (Å²) in [6.07, 6.45) is 13.8. The number of carbonyl (C=O) groups is 2. The molecule has 0 amide bonds. The Morgan fingerprint density at radius 2 is 1.45 bits per heavy atom. The van der Waals surface area contributed by atoms with Gasteiger partial charge in [-0.25, -0.2) is 14.6 Å². The summed E-state index contributed by atoms with van der Waals surface area (Å²) in [5.74, 6) is 6.86. The summed E-state index contributed by atoms with van der Waals surface area (Å²) in [6.45, 7) is 0. The maximum Gasteiger partial charge on any atom is 0.337 e. The molecule has 0 bridgehead atoms. The number of pyridine rings is 2. The van der Waals surface area contributed by atoms with Crippen molar-refractivity contribution >= 4 is 40.1 Å². The first-order valence-electron chi connectivity index (χ1n) is 16.6. The number of nitrogens with two attached hydrogens (primary N) is 1. The molecule has 8 nitrogen and oxygen atoms in total. The summed E-state index contributed by atoms with van der Waals surface area (Å²) in [7, 11) is 2.72. The number of hydrogen-bond acceptors (Lipinski definition) is 7. The summed E-state index contributed by atoms with van der Waals surface area (Å²) in [5.41, 5.74) is 12.1. The van der Waals surface area contributed by atoms with Crippen molar-refractivity contribution in [2.24, 2.45) is 5.92 Å². The van der Waals surface area contributed by atoms with Crippen LogP contribution in [0.5, 0.6) is 0 Å². The molecule has 252 valence electrons. The van der Waals surface area contributed by atoms with Gasteiger partial charge in [0.05, 0.1) is 47.4 Å². The predicted octanol–water partition coefficient (Wildman–Crippen LogP) is 9.01. The van der Waals surface area contributed by atoms with Gasteiger partial charge in [-0.05, 0) is 97.7 Å². The molecule has 0 atom stereocenters. The van der Waals surface area contributed by atoms with E-state index in [1.165, 1.54) is 82.6 Å². The number of nitrogens with zero attached hydrogens (tertiary/aromatic N) is 2. The van der Waals surface area contributed by atoms with Crippen LogP contribution in [0.1, 0.15) is 89.3 Å². The van der Waals surface area contributed by atoms with E-state index in [1.807, 2.05) is 60.8 Å². The Balaban J connectivity index is 0.000000158. The number of aromatic amines is 1. The zero-order chi connectivity index (χ0) is 34.6. The molecule has 9 heteroatoms. The first kappa shape index (κ1) is 35.2. The molecule has 3 N–H and O–H groups in total. The number of ether oxygens (including phenoxy) is 2. The molecule has 49 heavy (non-hydrogen) atoms. The molecule has 3 heterocycles. The average molecular weight is 677 g/mol. The van der Waals surface area contributed by atoms with Crippen molar-refractivity contribution in [3.05, 3.63) is 113 Å². The lowest BCUT2D eigenvalue weighted by molar-refractivity contribution is 0.0592. The normalized spacial score (nSPS) is 14.1. The van der Waals surface area contributed by atoms with Crippen LogP contribution in [0.3, 0.4) is 0 Å². The van der Waals surface area contributed by atoms with Gasteiger partial charge in [-0.3, -0.25) is 4.98 Å². The second-order valence-corrected chi connectivity index (χ2v) is 12.5. The summed E-state index contributed by atoms with van der Waals surface area (Å²) in [6, 6.07) is 22.2. The summed E-state index contributed by atoms with van der Waals surface area (Å²) < 4.78 is 9.34. The lowest BCUT2D eigenvalue weighted by Gasteiger charge is -2.11. The summed E-state index contributed by atoms with van der Waals surface area (Å²) in [4.78, 5) is 35.0. The molecule has 2 aliphatic carbocycles. The molecule has 0 aliphatic heterocycles. The lowest BCUT2D eigenvalue weighted by atomic mass is 9.93. The number of nitrogen functional groups attached to an aromatic ring is 1. The maximum absolute atomic E-state index is 11.8. The summed E-state index contributed by atoms with van der Waals surface area (Å²) in [5, 5.41) is 1.62. The van der Waals surface area contributed by atoms with Crippen LogP contribution in [0.15, 0.2) is 85.2 Å². The highest BCUT2D eigenvalue weighted by atomic mass is 35.5. The van der Waals surface area contributed by atoms with Gasteiger partial charge < -0.3 is 20.2 Å². The lowest BCUT2D eigenvalue weighted by Crippen LogP contribution is -2.01. The van der Waals surface area contributed by atoms with Crippen molar-refractivity contribution in [3.8, 4) is 23.2 Å². The highest BCUT2D eigenvalue weighted by Crippen LogP contribution is 2.43. The number of hydrogen-bond donors (Lipinski definition) is 2. The van der Waals surface area contributed by atoms with Crippen LogP contribution in [-0.2, 0) is 9.47 Å². The fourth-order valence-electron chi connectivity index (χ4n) is 6.29. The Morgan fingerprint density at radius 1 is 0.816 bits per heavy atom. The minimum atomic E-state index is -0.418. The first-order valence-corrected chi connectivity index (χ1v) is 17.0. The molecule has 2 saturated carbocycles. The van der Waals surface area contributed by atoms with E-state index in [2.05, 4.69) is 31.5 Å². The Bertz CT molecular complexity index is 1920.